The summed E-state index contributed by atoms with van der Waals surface area (Å²) in [4.78, 5) is 11.0. The summed E-state index contributed by atoms with van der Waals surface area (Å²) in [5.74, 6) is -0.733. The number of nitrogens with one attached hydrogen (secondary N) is 1. The van der Waals surface area contributed by atoms with Gasteiger partial charge < -0.3 is 10.1 Å². The molecule has 0 aliphatic carbocycles. The van der Waals surface area contributed by atoms with Crippen molar-refractivity contribution in [2.75, 3.05) is 13.6 Å². The van der Waals surface area contributed by atoms with E-state index in [4.69, 9.17) is 4.11 Å². The molecule has 10 heavy (non-hydrogen) atoms. The molecular weight excluding hydrogens is 154 g/mol. The predicted molar refractivity (Wildman–Crippen MR) is 40.3 cm³/mol. The summed E-state index contributed by atoms with van der Waals surface area (Å²) in [5, 5.41) is 2.28. The Morgan fingerprint density at radius 3 is 3.10 bits per heavy atom. The minimum atomic E-state index is -1.63. The van der Waals surface area contributed by atoms with Gasteiger partial charge in [-0.15, -0.1) is 12.4 Å². The van der Waals surface area contributed by atoms with E-state index in [1.54, 1.807) is 0 Å². The molecule has 0 aromatic rings. The summed E-state index contributed by atoms with van der Waals surface area (Å²) < 4.78 is 26.4. The molecular formula is C6H12ClNO2. The van der Waals surface area contributed by atoms with E-state index in [1.165, 1.54) is 7.11 Å². The number of halogens is 1. The van der Waals surface area contributed by atoms with Crippen molar-refractivity contribution in [1.82, 2.24) is 5.32 Å². The van der Waals surface area contributed by atoms with Crippen LogP contribution in [0.4, 0.5) is 0 Å². The van der Waals surface area contributed by atoms with E-state index in [0.29, 0.717) is 0 Å². The monoisotopic (exact) mass is 168 g/mol. The lowest BCUT2D eigenvalue weighted by atomic mass is 10.2. The number of ether oxygens (including phenoxy) is 1. The molecule has 1 rings (SSSR count). The molecule has 0 unspecified atom stereocenters. The van der Waals surface area contributed by atoms with Gasteiger partial charge in [0.2, 0.25) is 0 Å². The van der Waals surface area contributed by atoms with Gasteiger partial charge in [0.15, 0.2) is 0 Å². The lowest BCUT2D eigenvalue weighted by Gasteiger charge is -2.04. The van der Waals surface area contributed by atoms with Crippen LogP contribution in [0.5, 0.6) is 0 Å². The van der Waals surface area contributed by atoms with Crippen molar-refractivity contribution in [2.24, 2.45) is 0 Å². The van der Waals surface area contributed by atoms with Crippen LogP contribution in [0.15, 0.2) is 0 Å². The van der Waals surface area contributed by atoms with Gasteiger partial charge in [-0.2, -0.15) is 0 Å². The van der Waals surface area contributed by atoms with Gasteiger partial charge in [-0.1, -0.05) is 0 Å². The zero-order valence-electron chi connectivity index (χ0n) is 8.64. The maximum atomic E-state index is 11.0. The fourth-order valence-electron chi connectivity index (χ4n) is 0.695. The first-order chi connectivity index (χ1) is 5.40. The molecule has 3 nitrogen and oxygen atoms in total. The Morgan fingerprint density at radius 2 is 2.70 bits per heavy atom. The van der Waals surface area contributed by atoms with Gasteiger partial charge in [-0.25, -0.2) is 0 Å². The molecule has 0 saturated carbocycles. The first-order valence-electron chi connectivity index (χ1n) is 4.27. The molecule has 1 aliphatic heterocycles. The Labute approximate surface area is 70.8 Å². The topological polar surface area (TPSA) is 38.3 Å². The second kappa shape index (κ2) is 4.52. The van der Waals surface area contributed by atoms with E-state index in [0.717, 1.165) is 0 Å². The van der Waals surface area contributed by atoms with Crippen LogP contribution < -0.4 is 5.32 Å². The fraction of sp³-hybridized carbons (Fsp3) is 0.833. The van der Waals surface area contributed by atoms with Gasteiger partial charge in [-0.3, -0.25) is 4.79 Å². The third-order valence-corrected chi connectivity index (χ3v) is 1.17. The molecule has 0 radical (unpaired) electrons. The van der Waals surface area contributed by atoms with Crippen LogP contribution in [0.25, 0.3) is 0 Å². The van der Waals surface area contributed by atoms with Gasteiger partial charge in [-0.05, 0) is 19.3 Å². The zero-order chi connectivity index (χ0) is 9.41. The second-order valence-electron chi connectivity index (χ2n) is 1.77. The molecule has 1 N–H and O–H groups in total. The maximum absolute atomic E-state index is 11.0. The fourth-order valence-corrected chi connectivity index (χ4v) is 0.695. The minimum Gasteiger partial charge on any atom is -0.468 e. The Balaban J connectivity index is 0.00000144. The summed E-state index contributed by atoms with van der Waals surface area (Å²) in [7, 11) is 1.19. The lowest BCUT2D eigenvalue weighted by molar-refractivity contribution is -0.142. The Morgan fingerprint density at radius 1 is 2.00 bits per heavy atom. The van der Waals surface area contributed by atoms with Gasteiger partial charge in [0, 0.05) is 2.74 Å². The number of carbonyl (C=O) groups excluding carboxylic acids is 1. The van der Waals surface area contributed by atoms with E-state index >= 15 is 0 Å². The van der Waals surface area contributed by atoms with Crippen LogP contribution in [-0.2, 0) is 9.53 Å². The number of methoxy groups -OCH3 is 1. The molecule has 1 aliphatic rings. The molecule has 0 aromatic heterocycles. The molecule has 0 aromatic carbocycles. The molecule has 0 spiro atoms. The number of carbonyl (C=O) groups is 1. The number of hydrogen-bond donors (Lipinski definition) is 1. The van der Waals surface area contributed by atoms with Crippen molar-refractivity contribution < 1.29 is 13.6 Å². The van der Waals surface area contributed by atoms with Gasteiger partial charge >= 0.3 is 5.97 Å². The van der Waals surface area contributed by atoms with E-state index in [1.807, 2.05) is 0 Å². The van der Waals surface area contributed by atoms with Crippen molar-refractivity contribution in [2.45, 2.75) is 18.9 Å². The first kappa shape index (κ1) is 5.38. The van der Waals surface area contributed by atoms with E-state index < -0.39 is 18.5 Å². The van der Waals surface area contributed by atoms with Crippen molar-refractivity contribution >= 4 is 18.4 Å². The second-order valence-corrected chi connectivity index (χ2v) is 1.77. The molecule has 0 bridgehead atoms. The van der Waals surface area contributed by atoms with Crippen LogP contribution in [0.1, 0.15) is 17.0 Å². The highest BCUT2D eigenvalue weighted by atomic mass is 35.5. The molecule has 1 atom stereocenters. The lowest BCUT2D eigenvalue weighted by Crippen LogP contribution is -2.31. The standard InChI is InChI=1S/C6H11NO2.ClH/c1-9-6(8)5-3-2-4-7-5;/h5,7H,2-4H2,1H3;1H/t5-;/m0./s1/i4D2,5D;. The van der Waals surface area contributed by atoms with Crippen LogP contribution in [0.3, 0.4) is 0 Å². The molecule has 1 saturated heterocycles. The SMILES string of the molecule is Cl.[2H]C1([2H])CC[C@@]([2H])(C(=O)OC)N1. The van der Waals surface area contributed by atoms with E-state index in [9.17, 15) is 4.79 Å². The van der Waals surface area contributed by atoms with Crippen LogP contribution in [-0.4, -0.2) is 25.6 Å². The predicted octanol–water partition coefficient (Wildman–Crippen LogP) is 0.333. The maximum Gasteiger partial charge on any atom is 0.322 e. The first-order valence-corrected chi connectivity index (χ1v) is 2.77. The Hall–Kier alpha value is -0.280. The molecule has 1 fully saturated rings. The Bertz CT molecular complexity index is 214. The summed E-state index contributed by atoms with van der Waals surface area (Å²) in [6, 6.07) is -1.60. The van der Waals surface area contributed by atoms with Crippen LogP contribution in [0.2, 0.25) is 0 Å². The third-order valence-electron chi connectivity index (χ3n) is 1.17. The van der Waals surface area contributed by atoms with E-state index in [2.05, 4.69) is 10.1 Å². The van der Waals surface area contributed by atoms with Gasteiger partial charge in [0.25, 0.3) is 0 Å². The average Bonchev–Trinajstić information content (AvgIpc) is 2.25. The quantitative estimate of drug-likeness (QED) is 0.574. The normalized spacial score (nSPS) is 40.3. The zero-order valence-corrected chi connectivity index (χ0v) is 6.46. The third kappa shape index (κ3) is 2.15. The van der Waals surface area contributed by atoms with Gasteiger partial charge in [0.1, 0.15) is 6.02 Å². The molecule has 0 amide bonds. The number of esters is 1. The summed E-state index contributed by atoms with van der Waals surface area (Å²) in [5.41, 5.74) is 0. The van der Waals surface area contributed by atoms with Crippen molar-refractivity contribution in [3.05, 3.63) is 0 Å². The summed E-state index contributed by atoms with van der Waals surface area (Å²) >= 11 is 0. The van der Waals surface area contributed by atoms with E-state index in [-0.39, 0.29) is 25.2 Å². The smallest absolute Gasteiger partial charge is 0.322 e. The van der Waals surface area contributed by atoms with Crippen LogP contribution >= 0.6 is 12.4 Å². The highest BCUT2D eigenvalue weighted by Gasteiger charge is 2.21. The summed E-state index contributed by atoms with van der Waals surface area (Å²) in [6.07, 6.45) is 0.304. The van der Waals surface area contributed by atoms with Crippen molar-refractivity contribution in [3.63, 3.8) is 0 Å². The van der Waals surface area contributed by atoms with Crippen molar-refractivity contribution in [1.29, 1.82) is 0 Å². The number of rotatable bonds is 1. The van der Waals surface area contributed by atoms with Crippen LogP contribution in [0, 0.1) is 0 Å². The average molecular weight is 169 g/mol. The number of hydrogen-bond acceptors (Lipinski definition) is 3. The van der Waals surface area contributed by atoms with Gasteiger partial charge in [0.05, 0.1) is 8.48 Å². The van der Waals surface area contributed by atoms with Crippen molar-refractivity contribution in [3.8, 4) is 0 Å². The highest BCUT2D eigenvalue weighted by molar-refractivity contribution is 5.85. The molecule has 4 heteroatoms. The minimum absolute atomic E-state index is 0. The Kier molecular flexibility index (Phi) is 2.43. The highest BCUT2D eigenvalue weighted by Crippen LogP contribution is 2.05. The molecule has 1 heterocycles. The summed E-state index contributed by atoms with van der Waals surface area (Å²) in [6.45, 7) is -1.63. The molecule has 60 valence electrons. The largest absolute Gasteiger partial charge is 0.468 e.